The van der Waals surface area contributed by atoms with Crippen LogP contribution in [0.15, 0.2) is 0 Å². The monoisotopic (exact) mass is 197 g/mol. The molecule has 0 bridgehead atoms. The molecule has 2 N–H and O–H groups in total. The third-order valence-electron chi connectivity index (χ3n) is 4.46. The van der Waals surface area contributed by atoms with E-state index in [1.54, 1.807) is 0 Å². The van der Waals surface area contributed by atoms with Gasteiger partial charge in [0.1, 0.15) is 6.61 Å². The molecule has 1 spiro atoms. The summed E-state index contributed by atoms with van der Waals surface area (Å²) in [4.78, 5) is 0. The molecule has 2 aliphatic heterocycles. The van der Waals surface area contributed by atoms with Crippen molar-refractivity contribution in [1.82, 2.24) is 0 Å². The van der Waals surface area contributed by atoms with Crippen LogP contribution in [0.5, 0.6) is 0 Å². The van der Waals surface area contributed by atoms with Gasteiger partial charge in [0.25, 0.3) is 0 Å². The van der Waals surface area contributed by atoms with Crippen LogP contribution in [-0.2, 0) is 9.47 Å². The molecule has 80 valence electrons. The first-order chi connectivity index (χ1) is 6.80. The molecule has 0 amide bonds. The van der Waals surface area contributed by atoms with Crippen LogP contribution in [0.2, 0.25) is 0 Å². The second kappa shape index (κ2) is 2.94. The molecule has 3 heteroatoms. The first kappa shape index (κ1) is 9.13. The fourth-order valence-corrected chi connectivity index (χ4v) is 3.65. The van der Waals surface area contributed by atoms with Gasteiger partial charge < -0.3 is 15.2 Å². The minimum atomic E-state index is -0.157. The Bertz CT molecular complexity index is 239. The maximum absolute atomic E-state index is 5.82. The van der Waals surface area contributed by atoms with Gasteiger partial charge in [-0.1, -0.05) is 13.3 Å². The van der Waals surface area contributed by atoms with Crippen LogP contribution in [0.3, 0.4) is 0 Å². The van der Waals surface area contributed by atoms with Crippen molar-refractivity contribution in [3.63, 3.8) is 0 Å². The lowest BCUT2D eigenvalue weighted by Crippen LogP contribution is -2.27. The summed E-state index contributed by atoms with van der Waals surface area (Å²) in [5.74, 6) is 2.61. The lowest BCUT2D eigenvalue weighted by Gasteiger charge is -2.19. The molecule has 3 aliphatic rings. The zero-order chi connectivity index (χ0) is 9.76. The fraction of sp³-hybridized carbons (Fsp3) is 1.00. The molecule has 3 fully saturated rings. The minimum Gasteiger partial charge on any atom is -0.347 e. The molecule has 0 aromatic carbocycles. The lowest BCUT2D eigenvalue weighted by molar-refractivity contribution is -0.0339. The fourth-order valence-electron chi connectivity index (χ4n) is 3.65. The van der Waals surface area contributed by atoms with Crippen molar-refractivity contribution < 1.29 is 9.47 Å². The molecule has 5 unspecified atom stereocenters. The van der Waals surface area contributed by atoms with E-state index in [4.69, 9.17) is 15.2 Å². The summed E-state index contributed by atoms with van der Waals surface area (Å²) in [5, 5.41) is 0. The SMILES string of the molecule is CCC1CC(CN)C2COC3(CO3)C12. The van der Waals surface area contributed by atoms with E-state index in [1.807, 2.05) is 0 Å². The molecule has 2 saturated heterocycles. The van der Waals surface area contributed by atoms with E-state index in [2.05, 4.69) is 6.92 Å². The molecule has 1 aliphatic carbocycles. The Kier molecular flexibility index (Phi) is 1.92. The summed E-state index contributed by atoms with van der Waals surface area (Å²) in [6, 6.07) is 0. The molecule has 5 atom stereocenters. The van der Waals surface area contributed by atoms with E-state index in [0.717, 1.165) is 25.7 Å². The van der Waals surface area contributed by atoms with Gasteiger partial charge in [-0.3, -0.25) is 0 Å². The van der Waals surface area contributed by atoms with Crippen molar-refractivity contribution in [2.45, 2.75) is 25.6 Å². The number of fused-ring (bicyclic) bond motifs is 2. The van der Waals surface area contributed by atoms with Crippen LogP contribution >= 0.6 is 0 Å². The van der Waals surface area contributed by atoms with Crippen molar-refractivity contribution in [2.24, 2.45) is 29.4 Å². The molecule has 0 aromatic rings. The van der Waals surface area contributed by atoms with Gasteiger partial charge >= 0.3 is 0 Å². The van der Waals surface area contributed by atoms with E-state index in [9.17, 15) is 0 Å². The Morgan fingerprint density at radius 1 is 1.36 bits per heavy atom. The zero-order valence-electron chi connectivity index (χ0n) is 8.74. The van der Waals surface area contributed by atoms with Crippen LogP contribution < -0.4 is 5.73 Å². The summed E-state index contributed by atoms with van der Waals surface area (Å²) in [5.41, 5.74) is 5.82. The maximum atomic E-state index is 5.82. The minimum absolute atomic E-state index is 0.157. The predicted octanol–water partition coefficient (Wildman–Crippen LogP) is 0.980. The van der Waals surface area contributed by atoms with Crippen molar-refractivity contribution >= 4 is 0 Å². The Labute approximate surface area is 84.9 Å². The van der Waals surface area contributed by atoms with Crippen LogP contribution in [0.25, 0.3) is 0 Å². The number of ether oxygens (including phenoxy) is 2. The molecule has 0 aromatic heterocycles. The van der Waals surface area contributed by atoms with Gasteiger partial charge in [-0.25, -0.2) is 0 Å². The summed E-state index contributed by atoms with van der Waals surface area (Å²) in [7, 11) is 0. The highest BCUT2D eigenvalue weighted by molar-refractivity contribution is 5.06. The summed E-state index contributed by atoms with van der Waals surface area (Å²) >= 11 is 0. The number of hydrogen-bond donors (Lipinski definition) is 1. The highest BCUT2D eigenvalue weighted by Crippen LogP contribution is 2.58. The summed E-state index contributed by atoms with van der Waals surface area (Å²) in [6.07, 6.45) is 2.53. The molecule has 3 rings (SSSR count). The van der Waals surface area contributed by atoms with Crippen molar-refractivity contribution in [3.05, 3.63) is 0 Å². The van der Waals surface area contributed by atoms with Gasteiger partial charge in [0.15, 0.2) is 5.79 Å². The normalized spacial score (nSPS) is 55.3. The van der Waals surface area contributed by atoms with E-state index >= 15 is 0 Å². The van der Waals surface area contributed by atoms with Crippen LogP contribution in [-0.4, -0.2) is 25.5 Å². The highest BCUT2D eigenvalue weighted by Gasteiger charge is 2.65. The average molecular weight is 197 g/mol. The Morgan fingerprint density at radius 3 is 2.71 bits per heavy atom. The lowest BCUT2D eigenvalue weighted by atomic mass is 9.84. The van der Waals surface area contributed by atoms with Crippen LogP contribution in [0.4, 0.5) is 0 Å². The Morgan fingerprint density at radius 2 is 2.14 bits per heavy atom. The third kappa shape index (κ3) is 1.03. The second-order valence-electron chi connectivity index (χ2n) is 5.00. The molecule has 0 radical (unpaired) electrons. The summed E-state index contributed by atoms with van der Waals surface area (Å²) in [6.45, 7) is 4.79. The molecule has 1 saturated carbocycles. The van der Waals surface area contributed by atoms with E-state index < -0.39 is 0 Å². The van der Waals surface area contributed by atoms with Gasteiger partial charge in [-0.05, 0) is 30.7 Å². The smallest absolute Gasteiger partial charge is 0.195 e. The third-order valence-corrected chi connectivity index (χ3v) is 4.46. The molecule has 2 heterocycles. The quantitative estimate of drug-likeness (QED) is 0.671. The molecule has 3 nitrogen and oxygen atoms in total. The van der Waals surface area contributed by atoms with E-state index in [0.29, 0.717) is 17.8 Å². The van der Waals surface area contributed by atoms with E-state index in [1.165, 1.54) is 12.8 Å². The Hall–Kier alpha value is -0.120. The van der Waals surface area contributed by atoms with Crippen molar-refractivity contribution in [3.8, 4) is 0 Å². The first-order valence-electron chi connectivity index (χ1n) is 5.78. The van der Waals surface area contributed by atoms with Gasteiger partial charge in [0.2, 0.25) is 0 Å². The van der Waals surface area contributed by atoms with Crippen molar-refractivity contribution in [2.75, 3.05) is 19.8 Å². The predicted molar refractivity (Wildman–Crippen MR) is 52.6 cm³/mol. The van der Waals surface area contributed by atoms with Gasteiger partial charge in [-0.15, -0.1) is 0 Å². The molecular formula is C11H19NO2. The molecule has 14 heavy (non-hydrogen) atoms. The van der Waals surface area contributed by atoms with Gasteiger partial charge in [0.05, 0.1) is 6.61 Å². The zero-order valence-corrected chi connectivity index (χ0v) is 8.74. The summed E-state index contributed by atoms with van der Waals surface area (Å²) < 4.78 is 11.3. The number of hydrogen-bond acceptors (Lipinski definition) is 3. The first-order valence-corrected chi connectivity index (χ1v) is 5.78. The number of epoxide rings is 1. The largest absolute Gasteiger partial charge is 0.347 e. The number of nitrogens with two attached hydrogens (primary N) is 1. The highest BCUT2D eigenvalue weighted by atomic mass is 16.8. The van der Waals surface area contributed by atoms with Crippen LogP contribution in [0, 0.1) is 23.7 Å². The number of rotatable bonds is 2. The van der Waals surface area contributed by atoms with E-state index in [-0.39, 0.29) is 5.79 Å². The Balaban J connectivity index is 1.85. The topological polar surface area (TPSA) is 47.8 Å². The maximum Gasteiger partial charge on any atom is 0.195 e. The van der Waals surface area contributed by atoms with Gasteiger partial charge in [0, 0.05) is 5.92 Å². The average Bonchev–Trinajstić information content (AvgIpc) is 2.74. The molecular weight excluding hydrogens is 178 g/mol. The van der Waals surface area contributed by atoms with Gasteiger partial charge in [-0.2, -0.15) is 0 Å². The van der Waals surface area contributed by atoms with Crippen LogP contribution in [0.1, 0.15) is 19.8 Å². The standard InChI is InChI=1S/C11H19NO2/c1-2-7-3-8(4-12)9-5-13-11(6-14-11)10(7)9/h7-10H,2-6,12H2,1H3. The van der Waals surface area contributed by atoms with Crippen molar-refractivity contribution in [1.29, 1.82) is 0 Å². The second-order valence-corrected chi connectivity index (χ2v) is 5.00.